The molecule has 0 saturated carbocycles. The van der Waals surface area contributed by atoms with Gasteiger partial charge in [-0.05, 0) is 20.3 Å². The normalized spacial score (nSPS) is 12.3. The van der Waals surface area contributed by atoms with Crippen molar-refractivity contribution in [2.75, 3.05) is 33.9 Å². The van der Waals surface area contributed by atoms with Gasteiger partial charge in [0.2, 0.25) is 0 Å². The molecule has 0 saturated heterocycles. The van der Waals surface area contributed by atoms with Crippen LogP contribution in [-0.4, -0.2) is 50.8 Å². The van der Waals surface area contributed by atoms with Crippen molar-refractivity contribution in [1.82, 2.24) is 4.90 Å². The Bertz CT molecular complexity index is 249. The highest BCUT2D eigenvalue weighted by molar-refractivity contribution is 5.88. The fraction of sp³-hybridized carbons (Fsp3) is 0.769. The molecular formula is C13H25NO3. The summed E-state index contributed by atoms with van der Waals surface area (Å²) in [5, 5.41) is 0. The van der Waals surface area contributed by atoms with E-state index in [1.165, 1.54) is 7.11 Å². The van der Waals surface area contributed by atoms with Gasteiger partial charge in [0.1, 0.15) is 0 Å². The van der Waals surface area contributed by atoms with Crippen molar-refractivity contribution in [3.63, 3.8) is 0 Å². The molecule has 0 aliphatic rings. The van der Waals surface area contributed by atoms with E-state index >= 15 is 0 Å². The molecule has 0 aliphatic carbocycles. The average Bonchev–Trinajstić information content (AvgIpc) is 2.32. The summed E-state index contributed by atoms with van der Waals surface area (Å²) < 4.78 is 9.80. The van der Waals surface area contributed by atoms with Gasteiger partial charge in [0.25, 0.3) is 0 Å². The third kappa shape index (κ3) is 6.44. The monoisotopic (exact) mass is 243 g/mol. The highest BCUT2D eigenvalue weighted by Crippen LogP contribution is 2.05. The van der Waals surface area contributed by atoms with E-state index in [1.54, 1.807) is 7.11 Å². The molecule has 4 nitrogen and oxygen atoms in total. The van der Waals surface area contributed by atoms with Crippen molar-refractivity contribution in [3.05, 3.63) is 11.6 Å². The van der Waals surface area contributed by atoms with Crippen LogP contribution in [0.25, 0.3) is 0 Å². The van der Waals surface area contributed by atoms with Crippen molar-refractivity contribution in [2.24, 2.45) is 0 Å². The fourth-order valence-corrected chi connectivity index (χ4v) is 1.50. The summed E-state index contributed by atoms with van der Waals surface area (Å²) in [5.41, 5.74) is 0.732. The lowest BCUT2D eigenvalue weighted by molar-refractivity contribution is -0.136. The van der Waals surface area contributed by atoms with E-state index in [-0.39, 0.29) is 5.97 Å². The van der Waals surface area contributed by atoms with Gasteiger partial charge in [-0.3, -0.25) is 4.90 Å². The van der Waals surface area contributed by atoms with Gasteiger partial charge in [-0.1, -0.05) is 13.0 Å². The molecule has 0 aromatic rings. The number of methoxy groups -OCH3 is 2. The number of esters is 1. The van der Waals surface area contributed by atoms with Crippen LogP contribution >= 0.6 is 0 Å². The van der Waals surface area contributed by atoms with Crippen molar-refractivity contribution in [3.8, 4) is 0 Å². The van der Waals surface area contributed by atoms with Gasteiger partial charge in [-0.2, -0.15) is 0 Å². The highest BCUT2D eigenvalue weighted by Gasteiger charge is 2.10. The SMILES string of the molecule is CCC(=CCN(CCOC)C(C)C)C(=O)OC. The van der Waals surface area contributed by atoms with Gasteiger partial charge < -0.3 is 9.47 Å². The lowest BCUT2D eigenvalue weighted by Crippen LogP contribution is -2.34. The minimum Gasteiger partial charge on any atom is -0.466 e. The smallest absolute Gasteiger partial charge is 0.333 e. The Morgan fingerprint density at radius 3 is 2.41 bits per heavy atom. The topological polar surface area (TPSA) is 38.8 Å². The van der Waals surface area contributed by atoms with Gasteiger partial charge in [-0.25, -0.2) is 4.79 Å². The maximum atomic E-state index is 11.4. The zero-order chi connectivity index (χ0) is 13.3. The van der Waals surface area contributed by atoms with Gasteiger partial charge in [-0.15, -0.1) is 0 Å². The molecule has 0 aromatic heterocycles. The van der Waals surface area contributed by atoms with Crippen LogP contribution in [0, 0.1) is 0 Å². The predicted octanol–water partition coefficient (Wildman–Crippen LogP) is 1.85. The van der Waals surface area contributed by atoms with Gasteiger partial charge >= 0.3 is 5.97 Å². The van der Waals surface area contributed by atoms with E-state index in [9.17, 15) is 4.79 Å². The van der Waals surface area contributed by atoms with Crippen molar-refractivity contribution >= 4 is 5.97 Å². The quantitative estimate of drug-likeness (QED) is 0.482. The Hall–Kier alpha value is -0.870. The molecule has 0 bridgehead atoms. The Balaban J connectivity index is 4.42. The summed E-state index contributed by atoms with van der Waals surface area (Å²) in [6, 6.07) is 0.428. The third-order valence-corrected chi connectivity index (χ3v) is 2.71. The molecule has 4 heteroatoms. The largest absolute Gasteiger partial charge is 0.466 e. The second kappa shape index (κ2) is 9.19. The first-order chi connectivity index (χ1) is 8.06. The van der Waals surface area contributed by atoms with Crippen LogP contribution in [0.1, 0.15) is 27.2 Å². The van der Waals surface area contributed by atoms with E-state index in [4.69, 9.17) is 9.47 Å². The summed E-state index contributed by atoms with van der Waals surface area (Å²) >= 11 is 0. The van der Waals surface area contributed by atoms with Crippen LogP contribution in [0.2, 0.25) is 0 Å². The summed E-state index contributed by atoms with van der Waals surface area (Å²) in [5.74, 6) is -0.233. The highest BCUT2D eigenvalue weighted by atomic mass is 16.5. The number of hydrogen-bond acceptors (Lipinski definition) is 4. The molecule has 0 unspecified atom stereocenters. The lowest BCUT2D eigenvalue weighted by atomic mass is 10.2. The molecule has 0 atom stereocenters. The van der Waals surface area contributed by atoms with E-state index in [0.717, 1.165) is 18.7 Å². The van der Waals surface area contributed by atoms with Crippen LogP contribution in [0.3, 0.4) is 0 Å². The number of ether oxygens (including phenoxy) is 2. The summed E-state index contributed by atoms with van der Waals surface area (Å²) in [6.07, 6.45) is 2.64. The Morgan fingerprint density at radius 1 is 1.35 bits per heavy atom. The van der Waals surface area contributed by atoms with E-state index in [2.05, 4.69) is 18.7 Å². The van der Waals surface area contributed by atoms with Crippen LogP contribution in [0.5, 0.6) is 0 Å². The zero-order valence-corrected chi connectivity index (χ0v) is 11.7. The number of hydrogen-bond donors (Lipinski definition) is 0. The Kier molecular flexibility index (Phi) is 8.72. The van der Waals surface area contributed by atoms with E-state index in [0.29, 0.717) is 19.1 Å². The average molecular weight is 243 g/mol. The summed E-state index contributed by atoms with van der Waals surface area (Å²) in [7, 11) is 3.11. The number of carbonyl (C=O) groups excluding carboxylic acids is 1. The van der Waals surface area contributed by atoms with E-state index in [1.807, 2.05) is 13.0 Å². The third-order valence-electron chi connectivity index (χ3n) is 2.71. The zero-order valence-electron chi connectivity index (χ0n) is 11.7. The molecule has 0 aliphatic heterocycles. The Morgan fingerprint density at radius 2 is 2.00 bits per heavy atom. The maximum Gasteiger partial charge on any atom is 0.333 e. The predicted molar refractivity (Wildman–Crippen MR) is 69.0 cm³/mol. The van der Waals surface area contributed by atoms with Crippen molar-refractivity contribution in [1.29, 1.82) is 0 Å². The minimum atomic E-state index is -0.233. The molecule has 0 spiro atoms. The maximum absolute atomic E-state index is 11.4. The molecule has 0 aromatic carbocycles. The standard InChI is InChI=1S/C13H25NO3/c1-6-12(13(15)17-5)7-8-14(11(2)3)9-10-16-4/h7,11H,6,8-10H2,1-5H3. The van der Waals surface area contributed by atoms with E-state index < -0.39 is 0 Å². The van der Waals surface area contributed by atoms with Crippen molar-refractivity contribution < 1.29 is 14.3 Å². The molecular weight excluding hydrogens is 218 g/mol. The van der Waals surface area contributed by atoms with Crippen LogP contribution in [0.4, 0.5) is 0 Å². The molecule has 0 fully saturated rings. The fourth-order valence-electron chi connectivity index (χ4n) is 1.50. The minimum absolute atomic E-state index is 0.233. The first-order valence-corrected chi connectivity index (χ1v) is 6.07. The molecule has 0 N–H and O–H groups in total. The van der Waals surface area contributed by atoms with Crippen molar-refractivity contribution in [2.45, 2.75) is 33.2 Å². The molecule has 100 valence electrons. The van der Waals surface area contributed by atoms with Crippen LogP contribution in [0.15, 0.2) is 11.6 Å². The number of carbonyl (C=O) groups is 1. The van der Waals surface area contributed by atoms with Crippen LogP contribution < -0.4 is 0 Å². The molecule has 0 amide bonds. The summed E-state index contributed by atoms with van der Waals surface area (Å²) in [4.78, 5) is 13.7. The second-order valence-corrected chi connectivity index (χ2v) is 4.16. The summed E-state index contributed by atoms with van der Waals surface area (Å²) in [6.45, 7) is 8.53. The number of rotatable bonds is 8. The molecule has 0 radical (unpaired) electrons. The van der Waals surface area contributed by atoms with Crippen LogP contribution in [-0.2, 0) is 14.3 Å². The molecule has 0 rings (SSSR count). The second-order valence-electron chi connectivity index (χ2n) is 4.16. The lowest BCUT2D eigenvalue weighted by Gasteiger charge is -2.24. The van der Waals surface area contributed by atoms with Gasteiger partial charge in [0.05, 0.1) is 13.7 Å². The first kappa shape index (κ1) is 16.1. The molecule has 17 heavy (non-hydrogen) atoms. The molecule has 0 heterocycles. The van der Waals surface area contributed by atoms with Gasteiger partial charge in [0, 0.05) is 31.8 Å². The number of nitrogens with zero attached hydrogens (tertiary/aromatic N) is 1. The van der Waals surface area contributed by atoms with Gasteiger partial charge in [0.15, 0.2) is 0 Å². The Labute approximate surface area is 105 Å². The first-order valence-electron chi connectivity index (χ1n) is 6.07.